The molecule has 0 radical (unpaired) electrons. The van der Waals surface area contributed by atoms with Gasteiger partial charge in [-0.25, -0.2) is 0 Å². The zero-order valence-electron chi connectivity index (χ0n) is 60.3. The van der Waals surface area contributed by atoms with Crippen LogP contribution >= 0.6 is 0 Å². The molecule has 1 unspecified atom stereocenters. The Morgan fingerprint density at radius 3 is 1.43 bits per heavy atom. The van der Waals surface area contributed by atoms with Crippen LogP contribution in [0.3, 0.4) is 0 Å². The van der Waals surface area contributed by atoms with E-state index in [0.717, 1.165) is 4.90 Å². The van der Waals surface area contributed by atoms with Crippen molar-refractivity contribution in [3.63, 3.8) is 0 Å². The standard InChI is InChI=1S/C67H120N12O13/c1-25-27-28-44(14)56(80)55-60(84)70-48(26-2)63(87)72(18)47(17)62(86)77(23)54(43(13)29-30-79-31-33-92-34-32-79)59(83)71-52(41(9)10)66(90)73(19)49(35-38(3)4)58(82)68-45(15)57(81)69-46(16)61(85)74(20)50(36-39(5)6)64(88)75(21)51(37-40(7)8)65(89)76(22)53(42(11)12)67(91)78(55)24/h25,27,38-56,80H,26,28-37H2,1-24H3,(H,68,82)(H,69,81)(H,70,84)(H,71,83)/b27-25+/t43-,44-,45+,46-,47-,48+,49+,50+,51+,52+,53+,54?,55+,56-/m1/s1. The molecule has 2 heterocycles. The zero-order valence-corrected chi connectivity index (χ0v) is 60.3. The highest BCUT2D eigenvalue weighted by atomic mass is 16.5. The van der Waals surface area contributed by atoms with Gasteiger partial charge in [0.05, 0.1) is 19.3 Å². The number of rotatable bonds is 17. The van der Waals surface area contributed by atoms with E-state index in [4.69, 9.17) is 4.74 Å². The van der Waals surface area contributed by atoms with E-state index in [1.165, 1.54) is 99.5 Å². The predicted molar refractivity (Wildman–Crippen MR) is 355 cm³/mol. The van der Waals surface area contributed by atoms with Gasteiger partial charge in [-0.15, -0.1) is 0 Å². The highest BCUT2D eigenvalue weighted by Crippen LogP contribution is 2.26. The summed E-state index contributed by atoms with van der Waals surface area (Å²) in [6, 6.07) is -13.8. The van der Waals surface area contributed by atoms with E-state index in [-0.39, 0.29) is 43.4 Å². The highest BCUT2D eigenvalue weighted by Gasteiger charge is 2.46. The maximum absolute atomic E-state index is 15.3. The van der Waals surface area contributed by atoms with E-state index in [1.807, 2.05) is 54.5 Å². The molecule has 25 heteroatoms. The molecule has 0 aromatic heterocycles. The number of nitrogens with one attached hydrogen (secondary N) is 4. The van der Waals surface area contributed by atoms with Gasteiger partial charge in [-0.2, -0.15) is 0 Å². The van der Waals surface area contributed by atoms with Crippen molar-refractivity contribution in [3.05, 3.63) is 12.2 Å². The van der Waals surface area contributed by atoms with Crippen LogP contribution in [0.1, 0.15) is 156 Å². The number of hydrogen-bond acceptors (Lipinski definition) is 14. The topological polar surface area (TPSA) is 291 Å². The first-order valence-electron chi connectivity index (χ1n) is 33.4. The van der Waals surface area contributed by atoms with E-state index >= 15 is 24.0 Å². The summed E-state index contributed by atoms with van der Waals surface area (Å²) < 4.78 is 5.57. The molecule has 0 aromatic rings. The van der Waals surface area contributed by atoms with E-state index in [9.17, 15) is 33.9 Å². The Bertz CT molecular complexity index is 2520. The van der Waals surface area contributed by atoms with Crippen LogP contribution in [0.2, 0.25) is 0 Å². The molecule has 2 aliphatic heterocycles. The van der Waals surface area contributed by atoms with Crippen molar-refractivity contribution in [2.45, 2.75) is 229 Å². The number of likely N-dealkylation sites (N-methyl/N-ethyl adjacent to an activating group) is 7. The van der Waals surface area contributed by atoms with E-state index in [2.05, 4.69) is 26.2 Å². The number of carbonyl (C=O) groups is 11. The molecule has 2 rings (SSSR count). The minimum atomic E-state index is -1.63. The van der Waals surface area contributed by atoms with Crippen molar-refractivity contribution >= 4 is 65.0 Å². The van der Waals surface area contributed by atoms with E-state index < -0.39 is 161 Å². The summed E-state index contributed by atoms with van der Waals surface area (Å²) in [5.41, 5.74) is 0. The van der Waals surface area contributed by atoms with Crippen molar-refractivity contribution in [1.29, 1.82) is 0 Å². The number of amides is 11. The average molecular weight is 1300 g/mol. The number of allylic oxidation sites excluding steroid dienone is 2. The Kier molecular flexibility index (Phi) is 33.5. The number of nitrogens with zero attached hydrogens (tertiary/aromatic N) is 8. The Balaban J connectivity index is 3.04. The van der Waals surface area contributed by atoms with Crippen molar-refractivity contribution in [3.8, 4) is 0 Å². The molecule has 0 aliphatic carbocycles. The molecule has 0 spiro atoms. The lowest BCUT2D eigenvalue weighted by atomic mass is 9.91. The molecule has 14 atom stereocenters. The van der Waals surface area contributed by atoms with Crippen molar-refractivity contribution in [1.82, 2.24) is 60.5 Å². The zero-order chi connectivity index (χ0) is 70.7. The molecule has 92 heavy (non-hydrogen) atoms. The second kappa shape index (κ2) is 37.6. The second-order valence-electron chi connectivity index (χ2n) is 28.0. The van der Waals surface area contributed by atoms with Crippen LogP contribution in [-0.2, 0) is 57.5 Å². The molecule has 0 saturated carbocycles. The SMILES string of the molecule is C/C=C/C[C@@H](C)[C@@H](O)[C@H]1C(=O)N[C@@H](CC)C(=O)N(C)[C@H](C)C(=O)N(C)C([C@H](C)CCN2CCOCC2)C(=O)N[C@@H](C(C)C)C(=O)N(C)[C@@H](CC(C)C)C(=O)N[C@@H](C)C(=O)N[C@H](C)C(=O)N(C)[C@@H](CC(C)C)C(=O)N(C)[C@@H](CC(C)C)C(=O)N(C)[C@@H](C(C)C)C(=O)N1C. The number of hydrogen-bond donors (Lipinski definition) is 5. The van der Waals surface area contributed by atoms with Crippen LogP contribution in [-0.4, -0.2) is 264 Å². The quantitative estimate of drug-likeness (QED) is 0.131. The second-order valence-corrected chi connectivity index (χ2v) is 28.0. The fraction of sp³-hybridized carbons (Fsp3) is 0.806. The number of aliphatic hydroxyl groups excluding tert-OH is 1. The van der Waals surface area contributed by atoms with Crippen molar-refractivity contribution < 1.29 is 62.6 Å². The Morgan fingerprint density at radius 2 is 0.946 bits per heavy atom. The molecular weight excluding hydrogens is 1180 g/mol. The Morgan fingerprint density at radius 1 is 0.489 bits per heavy atom. The maximum Gasteiger partial charge on any atom is 0.246 e. The van der Waals surface area contributed by atoms with Gasteiger partial charge in [-0.05, 0) is 114 Å². The first kappa shape index (κ1) is 81.9. The van der Waals surface area contributed by atoms with Crippen LogP contribution in [0.5, 0.6) is 0 Å². The third-order valence-corrected chi connectivity index (χ3v) is 18.3. The van der Waals surface area contributed by atoms with Gasteiger partial charge in [0.15, 0.2) is 0 Å². The lowest BCUT2D eigenvalue weighted by molar-refractivity contribution is -0.157. The summed E-state index contributed by atoms with van der Waals surface area (Å²) in [7, 11) is 10.0. The van der Waals surface area contributed by atoms with Gasteiger partial charge < -0.3 is 65.4 Å². The van der Waals surface area contributed by atoms with Gasteiger partial charge >= 0.3 is 0 Å². The molecule has 0 aromatic carbocycles. The molecule has 526 valence electrons. The molecule has 2 fully saturated rings. The number of ether oxygens (including phenoxy) is 1. The van der Waals surface area contributed by atoms with Crippen LogP contribution in [0, 0.1) is 41.4 Å². The third kappa shape index (κ3) is 22.2. The molecular formula is C67H120N12O13. The van der Waals surface area contributed by atoms with Crippen LogP contribution in [0.25, 0.3) is 0 Å². The largest absolute Gasteiger partial charge is 0.390 e. The first-order chi connectivity index (χ1) is 42.7. The normalized spacial score (nSPS) is 28.1. The van der Waals surface area contributed by atoms with Crippen LogP contribution in [0.15, 0.2) is 12.2 Å². The number of aliphatic hydroxyl groups is 1. The molecule has 5 N–H and O–H groups in total. The molecule has 11 amide bonds. The number of carbonyl (C=O) groups excluding carboxylic acids is 11. The first-order valence-corrected chi connectivity index (χ1v) is 33.4. The smallest absolute Gasteiger partial charge is 0.246 e. The van der Waals surface area contributed by atoms with Gasteiger partial charge in [0.2, 0.25) is 65.0 Å². The summed E-state index contributed by atoms with van der Waals surface area (Å²) in [5.74, 6) is -10.2. The summed E-state index contributed by atoms with van der Waals surface area (Å²) in [6.45, 7) is 32.5. The lowest BCUT2D eigenvalue weighted by Crippen LogP contribution is -2.64. The van der Waals surface area contributed by atoms with Crippen LogP contribution in [0.4, 0.5) is 0 Å². The minimum absolute atomic E-state index is 0.00694. The molecule has 2 saturated heterocycles. The highest BCUT2D eigenvalue weighted by molar-refractivity contribution is 6.00. The monoisotopic (exact) mass is 1300 g/mol. The van der Waals surface area contributed by atoms with Crippen LogP contribution < -0.4 is 21.3 Å². The fourth-order valence-electron chi connectivity index (χ4n) is 12.2. The average Bonchev–Trinajstić information content (AvgIpc) is 0.865. The predicted octanol–water partition coefficient (Wildman–Crippen LogP) is 2.97. The third-order valence-electron chi connectivity index (χ3n) is 18.3. The minimum Gasteiger partial charge on any atom is -0.390 e. The van der Waals surface area contributed by atoms with Gasteiger partial charge in [0.25, 0.3) is 0 Å². The summed E-state index contributed by atoms with van der Waals surface area (Å²) in [5, 5.41) is 23.4. The fourth-order valence-corrected chi connectivity index (χ4v) is 12.2. The molecule has 25 nitrogen and oxygen atoms in total. The Labute approximate surface area is 550 Å². The van der Waals surface area contributed by atoms with Gasteiger partial charge in [0.1, 0.15) is 66.5 Å². The van der Waals surface area contributed by atoms with Gasteiger partial charge in [0, 0.05) is 62.4 Å². The lowest BCUT2D eigenvalue weighted by Gasteiger charge is -2.41. The van der Waals surface area contributed by atoms with Gasteiger partial charge in [-0.3, -0.25) is 57.6 Å². The summed E-state index contributed by atoms with van der Waals surface area (Å²) >= 11 is 0. The van der Waals surface area contributed by atoms with Crippen molar-refractivity contribution in [2.75, 3.05) is 82.2 Å². The molecule has 2 aliphatic rings. The van der Waals surface area contributed by atoms with E-state index in [0.29, 0.717) is 45.7 Å². The maximum atomic E-state index is 15.3. The van der Waals surface area contributed by atoms with Crippen molar-refractivity contribution in [2.24, 2.45) is 41.4 Å². The Hall–Kier alpha value is -6.21. The molecule has 0 bridgehead atoms. The number of morpholine rings is 1. The van der Waals surface area contributed by atoms with E-state index in [1.54, 1.807) is 54.5 Å². The summed E-state index contributed by atoms with van der Waals surface area (Å²) in [4.78, 5) is 174. The van der Waals surface area contributed by atoms with Gasteiger partial charge in [-0.1, -0.05) is 102 Å². The summed E-state index contributed by atoms with van der Waals surface area (Å²) in [6.07, 6.45) is 3.27.